The Bertz CT molecular complexity index is 460. The summed E-state index contributed by atoms with van der Waals surface area (Å²) in [6, 6.07) is 4.17. The van der Waals surface area contributed by atoms with Gasteiger partial charge in [0, 0.05) is 18.2 Å². The normalized spacial score (nSPS) is 13.9. The minimum atomic E-state index is -0.879. The Morgan fingerprint density at radius 3 is 2.50 bits per heavy atom. The van der Waals surface area contributed by atoms with Crippen molar-refractivity contribution in [2.24, 2.45) is 5.92 Å². The predicted molar refractivity (Wildman–Crippen MR) is 75.0 cm³/mol. The maximum Gasteiger partial charge on any atom is 0.260 e. The molecule has 0 aliphatic heterocycles. The summed E-state index contributed by atoms with van der Waals surface area (Å²) < 4.78 is 19.1. The maximum atomic E-state index is 13.7. The van der Waals surface area contributed by atoms with Crippen LogP contribution in [-0.4, -0.2) is 23.7 Å². The second-order valence-corrected chi connectivity index (χ2v) is 5.26. The molecule has 2 unspecified atom stereocenters. The second kappa shape index (κ2) is 7.24. The van der Waals surface area contributed by atoms with Crippen molar-refractivity contribution >= 4 is 5.91 Å². The molecule has 0 aliphatic carbocycles. The highest BCUT2D eigenvalue weighted by molar-refractivity contribution is 5.80. The average molecular weight is 283 g/mol. The van der Waals surface area contributed by atoms with Crippen LogP contribution in [0.15, 0.2) is 18.2 Å². The zero-order valence-corrected chi connectivity index (χ0v) is 12.3. The number of aliphatic hydroxyl groups is 1. The molecule has 4 nitrogen and oxygen atoms in total. The lowest BCUT2D eigenvalue weighted by atomic mass is 10.1. The van der Waals surface area contributed by atoms with Crippen LogP contribution in [0.2, 0.25) is 0 Å². The third-order valence-electron chi connectivity index (χ3n) is 2.79. The Labute approximate surface area is 119 Å². The molecule has 0 fully saturated rings. The number of carbonyl (C=O) groups excluding carboxylic acids is 1. The number of benzene rings is 1. The van der Waals surface area contributed by atoms with E-state index in [1.54, 1.807) is 6.92 Å². The van der Waals surface area contributed by atoms with Crippen molar-refractivity contribution in [1.82, 2.24) is 5.32 Å². The summed E-state index contributed by atoms with van der Waals surface area (Å²) in [6.07, 6.45) is -1.58. The van der Waals surface area contributed by atoms with Crippen LogP contribution < -0.4 is 10.1 Å². The first-order valence-corrected chi connectivity index (χ1v) is 6.73. The summed E-state index contributed by atoms with van der Waals surface area (Å²) in [5.41, 5.74) is 0.203. The molecule has 1 rings (SSSR count). The lowest BCUT2D eigenvalue weighted by Crippen LogP contribution is -2.38. The van der Waals surface area contributed by atoms with Crippen LogP contribution in [0.4, 0.5) is 4.39 Å². The maximum absolute atomic E-state index is 13.7. The molecule has 0 spiro atoms. The van der Waals surface area contributed by atoms with Gasteiger partial charge in [0.25, 0.3) is 5.91 Å². The molecule has 2 N–H and O–H groups in total. The molecular formula is C15H22FNO3. The van der Waals surface area contributed by atoms with Gasteiger partial charge in [-0.1, -0.05) is 13.8 Å². The standard InChI is InChI=1S/C15H22FNO3/c1-9(2)8-17-15(19)11(4)20-12-5-6-13(10(3)18)14(16)7-12/h5-7,9-11,18H,8H2,1-4H3,(H,17,19). The number of carbonyl (C=O) groups is 1. The second-order valence-electron chi connectivity index (χ2n) is 5.26. The van der Waals surface area contributed by atoms with Crippen molar-refractivity contribution < 1.29 is 19.0 Å². The first-order chi connectivity index (χ1) is 9.31. The number of ether oxygens (including phenoxy) is 1. The Morgan fingerprint density at radius 1 is 1.35 bits per heavy atom. The summed E-state index contributed by atoms with van der Waals surface area (Å²) in [7, 11) is 0. The minimum Gasteiger partial charge on any atom is -0.481 e. The smallest absolute Gasteiger partial charge is 0.260 e. The van der Waals surface area contributed by atoms with Gasteiger partial charge in [-0.25, -0.2) is 4.39 Å². The van der Waals surface area contributed by atoms with Crippen LogP contribution in [0.25, 0.3) is 0 Å². The summed E-state index contributed by atoms with van der Waals surface area (Å²) in [5.74, 6) is -0.168. The predicted octanol–water partition coefficient (Wildman–Crippen LogP) is 2.42. The third kappa shape index (κ3) is 4.81. The molecule has 0 aliphatic rings. The highest BCUT2D eigenvalue weighted by Crippen LogP contribution is 2.22. The number of amides is 1. The molecule has 0 radical (unpaired) electrons. The topological polar surface area (TPSA) is 58.6 Å². The van der Waals surface area contributed by atoms with Gasteiger partial charge in [-0.3, -0.25) is 4.79 Å². The third-order valence-corrected chi connectivity index (χ3v) is 2.79. The molecule has 112 valence electrons. The van der Waals surface area contributed by atoms with E-state index in [4.69, 9.17) is 4.74 Å². The highest BCUT2D eigenvalue weighted by Gasteiger charge is 2.16. The van der Waals surface area contributed by atoms with E-state index in [1.807, 2.05) is 13.8 Å². The molecule has 0 saturated heterocycles. The van der Waals surface area contributed by atoms with E-state index in [-0.39, 0.29) is 17.2 Å². The van der Waals surface area contributed by atoms with E-state index in [2.05, 4.69) is 5.32 Å². The van der Waals surface area contributed by atoms with Crippen LogP contribution in [0.5, 0.6) is 5.75 Å². The van der Waals surface area contributed by atoms with Crippen LogP contribution in [0.1, 0.15) is 39.4 Å². The molecule has 1 aromatic rings. The Kier molecular flexibility index (Phi) is 5.95. The Balaban J connectivity index is 2.64. The van der Waals surface area contributed by atoms with Gasteiger partial charge < -0.3 is 15.2 Å². The molecular weight excluding hydrogens is 261 g/mol. The number of rotatable bonds is 6. The lowest BCUT2D eigenvalue weighted by molar-refractivity contribution is -0.127. The van der Waals surface area contributed by atoms with E-state index < -0.39 is 18.0 Å². The first-order valence-electron chi connectivity index (χ1n) is 6.73. The van der Waals surface area contributed by atoms with E-state index in [1.165, 1.54) is 25.1 Å². The van der Waals surface area contributed by atoms with Gasteiger partial charge >= 0.3 is 0 Å². The molecule has 0 bridgehead atoms. The molecule has 1 amide bonds. The number of nitrogens with one attached hydrogen (secondary N) is 1. The van der Waals surface area contributed by atoms with Crippen LogP contribution in [0, 0.1) is 11.7 Å². The van der Waals surface area contributed by atoms with Crippen LogP contribution >= 0.6 is 0 Å². The van der Waals surface area contributed by atoms with Crippen molar-refractivity contribution in [3.8, 4) is 5.75 Å². The van der Waals surface area contributed by atoms with Crippen molar-refractivity contribution in [2.75, 3.05) is 6.54 Å². The number of hydrogen-bond donors (Lipinski definition) is 2. The molecule has 0 aromatic heterocycles. The fourth-order valence-electron chi connectivity index (χ4n) is 1.63. The number of halogens is 1. The van der Waals surface area contributed by atoms with Gasteiger partial charge in [-0.15, -0.1) is 0 Å². The quantitative estimate of drug-likeness (QED) is 0.843. The molecule has 0 saturated carbocycles. The van der Waals surface area contributed by atoms with Gasteiger partial charge in [0.2, 0.25) is 0 Å². The fraction of sp³-hybridized carbons (Fsp3) is 0.533. The molecule has 1 aromatic carbocycles. The monoisotopic (exact) mass is 283 g/mol. The zero-order chi connectivity index (χ0) is 15.3. The van der Waals surface area contributed by atoms with Gasteiger partial charge in [0.15, 0.2) is 6.10 Å². The first kappa shape index (κ1) is 16.4. The largest absolute Gasteiger partial charge is 0.481 e. The van der Waals surface area contributed by atoms with Crippen molar-refractivity contribution in [3.63, 3.8) is 0 Å². The average Bonchev–Trinajstić information content (AvgIpc) is 2.35. The minimum absolute atomic E-state index is 0.203. The number of hydrogen-bond acceptors (Lipinski definition) is 3. The van der Waals surface area contributed by atoms with E-state index in [0.717, 1.165) is 0 Å². The van der Waals surface area contributed by atoms with E-state index >= 15 is 0 Å². The van der Waals surface area contributed by atoms with E-state index in [9.17, 15) is 14.3 Å². The van der Waals surface area contributed by atoms with Crippen molar-refractivity contribution in [1.29, 1.82) is 0 Å². The summed E-state index contributed by atoms with van der Waals surface area (Å²) in [5, 5.41) is 12.1. The van der Waals surface area contributed by atoms with Gasteiger partial charge in [-0.2, -0.15) is 0 Å². The van der Waals surface area contributed by atoms with Gasteiger partial charge in [-0.05, 0) is 31.9 Å². The highest BCUT2D eigenvalue weighted by atomic mass is 19.1. The summed E-state index contributed by atoms with van der Waals surface area (Å²) in [4.78, 5) is 11.7. The van der Waals surface area contributed by atoms with Crippen LogP contribution in [0.3, 0.4) is 0 Å². The SMILES string of the molecule is CC(C)CNC(=O)C(C)Oc1ccc(C(C)O)c(F)c1. The summed E-state index contributed by atoms with van der Waals surface area (Å²) in [6.45, 7) is 7.66. The molecule has 2 atom stereocenters. The van der Waals surface area contributed by atoms with Gasteiger partial charge in [0.05, 0.1) is 6.10 Å². The summed E-state index contributed by atoms with van der Waals surface area (Å²) >= 11 is 0. The fourth-order valence-corrected chi connectivity index (χ4v) is 1.63. The molecule has 0 heterocycles. The van der Waals surface area contributed by atoms with Gasteiger partial charge in [0.1, 0.15) is 11.6 Å². The molecule has 20 heavy (non-hydrogen) atoms. The Hall–Kier alpha value is -1.62. The number of aliphatic hydroxyl groups excluding tert-OH is 1. The van der Waals surface area contributed by atoms with Crippen molar-refractivity contribution in [2.45, 2.75) is 39.9 Å². The zero-order valence-electron chi connectivity index (χ0n) is 12.3. The van der Waals surface area contributed by atoms with Crippen molar-refractivity contribution in [3.05, 3.63) is 29.6 Å². The molecule has 5 heteroatoms. The van der Waals surface area contributed by atoms with E-state index in [0.29, 0.717) is 12.5 Å². The Morgan fingerprint density at radius 2 is 2.00 bits per heavy atom. The lowest BCUT2D eigenvalue weighted by Gasteiger charge is -2.16. The van der Waals surface area contributed by atoms with Crippen LogP contribution in [-0.2, 0) is 4.79 Å².